The number of imidazole rings is 1. The van der Waals surface area contributed by atoms with Gasteiger partial charge < -0.3 is 18.8 Å². The third-order valence-corrected chi connectivity index (χ3v) is 6.54. The summed E-state index contributed by atoms with van der Waals surface area (Å²) in [7, 11) is 1.70. The van der Waals surface area contributed by atoms with E-state index in [0.717, 1.165) is 34.3 Å². The van der Waals surface area contributed by atoms with Crippen LogP contribution in [0, 0.1) is 0 Å². The smallest absolute Gasteiger partial charge is 0.187 e. The summed E-state index contributed by atoms with van der Waals surface area (Å²) >= 11 is 7.75. The zero-order valence-corrected chi connectivity index (χ0v) is 18.4. The lowest BCUT2D eigenvalue weighted by molar-refractivity contribution is -0.180. The highest BCUT2D eigenvalue weighted by molar-refractivity contribution is 7.99. The molecule has 2 heterocycles. The summed E-state index contributed by atoms with van der Waals surface area (Å²) in [5.41, 5.74) is 1.21. The molecule has 1 aliphatic heterocycles. The molecule has 3 aromatic rings. The van der Waals surface area contributed by atoms with Crippen molar-refractivity contribution < 1.29 is 14.2 Å². The second-order valence-electron chi connectivity index (χ2n) is 7.28. The van der Waals surface area contributed by atoms with E-state index in [9.17, 15) is 0 Å². The van der Waals surface area contributed by atoms with E-state index in [0.29, 0.717) is 13.2 Å². The van der Waals surface area contributed by atoms with Gasteiger partial charge in [-0.3, -0.25) is 0 Å². The minimum absolute atomic E-state index is 0.00801. The van der Waals surface area contributed by atoms with E-state index in [2.05, 4.69) is 23.2 Å². The van der Waals surface area contributed by atoms with Gasteiger partial charge in [-0.15, -0.1) is 11.8 Å². The monoisotopic (exact) mass is 444 g/mol. The van der Waals surface area contributed by atoms with E-state index in [1.165, 1.54) is 5.56 Å². The largest absolute Gasteiger partial charge is 0.496 e. The molecule has 0 bridgehead atoms. The molecule has 1 saturated heterocycles. The number of methoxy groups -OCH3 is 1. The minimum Gasteiger partial charge on any atom is -0.496 e. The van der Waals surface area contributed by atoms with Crippen molar-refractivity contribution in [2.45, 2.75) is 36.2 Å². The Morgan fingerprint density at radius 3 is 2.83 bits per heavy atom. The van der Waals surface area contributed by atoms with Crippen LogP contribution in [0.15, 0.2) is 72.1 Å². The Bertz CT molecular complexity index is 936. The Kier molecular flexibility index (Phi) is 7.00. The number of benzene rings is 2. The van der Waals surface area contributed by atoms with Gasteiger partial charge in [-0.25, -0.2) is 4.98 Å². The molecular formula is C23H25ClN2O3S. The average Bonchev–Trinajstić information content (AvgIpc) is 3.43. The van der Waals surface area contributed by atoms with Gasteiger partial charge in [-0.05, 0) is 36.2 Å². The summed E-state index contributed by atoms with van der Waals surface area (Å²) in [4.78, 5) is 5.26. The number of aromatic nitrogens is 2. The van der Waals surface area contributed by atoms with Crippen molar-refractivity contribution in [3.05, 3.63) is 77.8 Å². The summed E-state index contributed by atoms with van der Waals surface area (Å²) < 4.78 is 20.2. The van der Waals surface area contributed by atoms with Gasteiger partial charge in [0.1, 0.15) is 5.75 Å². The van der Waals surface area contributed by atoms with Crippen LogP contribution >= 0.6 is 23.4 Å². The maximum Gasteiger partial charge on any atom is 0.187 e. The maximum atomic E-state index is 6.50. The van der Waals surface area contributed by atoms with Crippen LogP contribution in [0.1, 0.15) is 12.0 Å². The van der Waals surface area contributed by atoms with E-state index in [1.807, 2.05) is 41.1 Å². The minimum atomic E-state index is -0.674. The molecule has 2 atom stereocenters. The molecule has 2 aromatic carbocycles. The summed E-state index contributed by atoms with van der Waals surface area (Å²) in [5, 5.41) is 0.744. The van der Waals surface area contributed by atoms with E-state index in [4.69, 9.17) is 25.8 Å². The zero-order chi connectivity index (χ0) is 20.8. The maximum absolute atomic E-state index is 6.50. The molecule has 158 valence electrons. The molecule has 0 aliphatic carbocycles. The van der Waals surface area contributed by atoms with Gasteiger partial charge in [0.25, 0.3) is 0 Å². The predicted molar refractivity (Wildman–Crippen MR) is 119 cm³/mol. The third-order valence-electron chi connectivity index (χ3n) is 5.10. The number of ether oxygens (including phenoxy) is 3. The van der Waals surface area contributed by atoms with Crippen molar-refractivity contribution in [3.63, 3.8) is 0 Å². The lowest BCUT2D eigenvalue weighted by Gasteiger charge is -2.28. The summed E-state index contributed by atoms with van der Waals surface area (Å²) in [6.45, 7) is 1.17. The first-order chi connectivity index (χ1) is 14.7. The van der Waals surface area contributed by atoms with Crippen molar-refractivity contribution in [3.8, 4) is 5.75 Å². The van der Waals surface area contributed by atoms with E-state index in [1.54, 1.807) is 31.4 Å². The molecule has 1 aromatic heterocycles. The van der Waals surface area contributed by atoms with Crippen LogP contribution in [0.25, 0.3) is 0 Å². The van der Waals surface area contributed by atoms with Crippen LogP contribution in [0.2, 0.25) is 5.02 Å². The molecule has 0 spiro atoms. The Balaban J connectivity index is 1.41. The van der Waals surface area contributed by atoms with Gasteiger partial charge in [-0.1, -0.05) is 35.9 Å². The number of thioether (sulfide) groups is 1. The molecule has 1 fully saturated rings. The highest BCUT2D eigenvalue weighted by Gasteiger charge is 2.41. The standard InChI is InChI=1S/C23H25ClN2O3S/c1-27-21-4-2-3-5-22(21)30-15-20-14-28-23(29-20,16-26-13-12-25-17-26)11-10-18-6-8-19(24)9-7-18/h2-9,12-13,17,20H,10-11,14-16H2,1H3. The normalized spacial score (nSPS) is 21.1. The summed E-state index contributed by atoms with van der Waals surface area (Å²) in [6, 6.07) is 16.0. The molecule has 7 heteroatoms. The van der Waals surface area contributed by atoms with Crippen molar-refractivity contribution in [1.29, 1.82) is 0 Å². The van der Waals surface area contributed by atoms with Gasteiger partial charge in [0.2, 0.25) is 0 Å². The number of aryl methyl sites for hydroxylation is 1. The Hall–Kier alpha value is -1.99. The van der Waals surface area contributed by atoms with Crippen LogP contribution in [0.4, 0.5) is 0 Å². The lowest BCUT2D eigenvalue weighted by atomic mass is 10.0. The SMILES string of the molecule is COc1ccccc1SCC1COC(CCc2ccc(Cl)cc2)(Cn2ccnc2)O1. The first-order valence-electron chi connectivity index (χ1n) is 9.94. The molecule has 30 heavy (non-hydrogen) atoms. The first kappa shape index (κ1) is 21.2. The zero-order valence-electron chi connectivity index (χ0n) is 16.9. The number of rotatable bonds is 9. The van der Waals surface area contributed by atoms with Gasteiger partial charge in [-0.2, -0.15) is 0 Å². The van der Waals surface area contributed by atoms with E-state index >= 15 is 0 Å². The molecule has 0 radical (unpaired) electrons. The van der Waals surface area contributed by atoms with Crippen LogP contribution in [-0.2, 0) is 22.4 Å². The second kappa shape index (κ2) is 9.88. The van der Waals surface area contributed by atoms with Crippen molar-refractivity contribution in [2.24, 2.45) is 0 Å². The third kappa shape index (κ3) is 5.38. The Morgan fingerprint density at radius 2 is 2.07 bits per heavy atom. The quantitative estimate of drug-likeness (QED) is 0.430. The molecule has 2 unspecified atom stereocenters. The number of para-hydroxylation sites is 1. The van der Waals surface area contributed by atoms with Crippen LogP contribution in [-0.4, -0.2) is 40.9 Å². The van der Waals surface area contributed by atoms with E-state index < -0.39 is 5.79 Å². The predicted octanol–water partition coefficient (Wildman–Crippen LogP) is 5.08. The van der Waals surface area contributed by atoms with Crippen molar-refractivity contribution >= 4 is 23.4 Å². The van der Waals surface area contributed by atoms with Gasteiger partial charge in [0.15, 0.2) is 5.79 Å². The van der Waals surface area contributed by atoms with Crippen LogP contribution < -0.4 is 4.74 Å². The molecular weight excluding hydrogens is 420 g/mol. The fourth-order valence-corrected chi connectivity index (χ4v) is 4.68. The molecule has 0 N–H and O–H groups in total. The van der Waals surface area contributed by atoms with Gasteiger partial charge in [0.05, 0.1) is 32.7 Å². The van der Waals surface area contributed by atoms with Gasteiger partial charge >= 0.3 is 0 Å². The topological polar surface area (TPSA) is 45.5 Å². The molecule has 5 nitrogen and oxygen atoms in total. The summed E-state index contributed by atoms with van der Waals surface area (Å²) in [6.07, 6.45) is 7.12. The highest BCUT2D eigenvalue weighted by atomic mass is 35.5. The molecule has 1 aliphatic rings. The van der Waals surface area contributed by atoms with Crippen LogP contribution in [0.5, 0.6) is 5.75 Å². The highest BCUT2D eigenvalue weighted by Crippen LogP contribution is 2.35. The van der Waals surface area contributed by atoms with Crippen molar-refractivity contribution in [2.75, 3.05) is 19.5 Å². The first-order valence-corrected chi connectivity index (χ1v) is 11.3. The number of hydrogen-bond donors (Lipinski definition) is 0. The van der Waals surface area contributed by atoms with Gasteiger partial charge in [0, 0.05) is 34.5 Å². The fraction of sp³-hybridized carbons (Fsp3) is 0.348. The lowest BCUT2D eigenvalue weighted by Crippen LogP contribution is -2.37. The number of nitrogens with zero attached hydrogens (tertiary/aromatic N) is 2. The van der Waals surface area contributed by atoms with E-state index in [-0.39, 0.29) is 6.10 Å². The second-order valence-corrected chi connectivity index (χ2v) is 8.78. The summed E-state index contributed by atoms with van der Waals surface area (Å²) in [5.74, 6) is 1.01. The Morgan fingerprint density at radius 1 is 1.23 bits per heavy atom. The Labute approximate surface area is 186 Å². The molecule has 0 amide bonds. The molecule has 0 saturated carbocycles. The average molecular weight is 445 g/mol. The van der Waals surface area contributed by atoms with Crippen LogP contribution in [0.3, 0.4) is 0 Å². The molecule has 4 rings (SSSR count). The number of halogens is 1. The fourth-order valence-electron chi connectivity index (χ4n) is 3.56. The number of hydrogen-bond acceptors (Lipinski definition) is 5. The van der Waals surface area contributed by atoms with Crippen molar-refractivity contribution in [1.82, 2.24) is 9.55 Å².